The van der Waals surface area contributed by atoms with Gasteiger partial charge in [-0.05, 0) is 51.4 Å². The number of hydrogen-bond acceptors (Lipinski definition) is 4. The molecule has 4 nitrogen and oxygen atoms in total. The minimum absolute atomic E-state index is 0.248. The molecule has 17 heavy (non-hydrogen) atoms. The summed E-state index contributed by atoms with van der Waals surface area (Å²) >= 11 is 5.77. The summed E-state index contributed by atoms with van der Waals surface area (Å²) in [6, 6.07) is 2.46. The molecule has 0 radical (unpaired) electrons. The second-order valence-electron chi connectivity index (χ2n) is 4.53. The normalized spacial score (nSPS) is 20.8. The maximum absolute atomic E-state index is 5.77. The van der Waals surface area contributed by atoms with Crippen molar-refractivity contribution in [3.8, 4) is 5.88 Å². The second-order valence-corrected chi connectivity index (χ2v) is 4.87. The lowest BCUT2D eigenvalue weighted by Gasteiger charge is -2.19. The van der Waals surface area contributed by atoms with Crippen LogP contribution >= 0.6 is 11.6 Å². The summed E-state index contributed by atoms with van der Waals surface area (Å²) in [6.07, 6.45) is 3.60. The third-order valence-electron chi connectivity index (χ3n) is 3.18. The summed E-state index contributed by atoms with van der Waals surface area (Å²) in [6.45, 7) is 3.76. The number of rotatable bonds is 4. The van der Waals surface area contributed by atoms with Crippen LogP contribution in [0.2, 0.25) is 5.28 Å². The van der Waals surface area contributed by atoms with Gasteiger partial charge in [0.25, 0.3) is 0 Å². The van der Waals surface area contributed by atoms with Crippen molar-refractivity contribution in [3.63, 3.8) is 0 Å². The summed E-state index contributed by atoms with van der Waals surface area (Å²) in [5.41, 5.74) is 0.831. The molecular weight excluding hydrogens is 238 g/mol. The molecule has 0 amide bonds. The van der Waals surface area contributed by atoms with Crippen molar-refractivity contribution < 1.29 is 4.74 Å². The summed E-state index contributed by atoms with van der Waals surface area (Å²) in [7, 11) is 2.17. The van der Waals surface area contributed by atoms with Crippen molar-refractivity contribution in [3.05, 3.63) is 17.0 Å². The molecule has 1 fully saturated rings. The fourth-order valence-electron chi connectivity index (χ4n) is 2.22. The number of ether oxygens (including phenoxy) is 1. The molecule has 1 aromatic heterocycles. The van der Waals surface area contributed by atoms with Crippen molar-refractivity contribution in [2.45, 2.75) is 32.2 Å². The van der Waals surface area contributed by atoms with E-state index in [0.29, 0.717) is 18.5 Å². The lowest BCUT2D eigenvalue weighted by atomic mass is 10.1. The van der Waals surface area contributed by atoms with E-state index in [2.05, 4.69) is 21.9 Å². The van der Waals surface area contributed by atoms with Gasteiger partial charge in [-0.25, -0.2) is 4.98 Å². The summed E-state index contributed by atoms with van der Waals surface area (Å²) < 4.78 is 5.62. The Labute approximate surface area is 107 Å². The van der Waals surface area contributed by atoms with Crippen LogP contribution < -0.4 is 4.74 Å². The van der Waals surface area contributed by atoms with Gasteiger partial charge in [0.05, 0.1) is 6.61 Å². The molecular formula is C12H18ClN3O. The minimum atomic E-state index is 0.248. The van der Waals surface area contributed by atoms with Gasteiger partial charge in [0, 0.05) is 17.8 Å². The fourth-order valence-corrected chi connectivity index (χ4v) is 2.44. The van der Waals surface area contributed by atoms with Gasteiger partial charge in [-0.1, -0.05) is 0 Å². The van der Waals surface area contributed by atoms with E-state index in [0.717, 1.165) is 12.1 Å². The van der Waals surface area contributed by atoms with Gasteiger partial charge >= 0.3 is 0 Å². The number of halogens is 1. The Hall–Kier alpha value is -0.870. The van der Waals surface area contributed by atoms with Crippen LogP contribution in [0.4, 0.5) is 0 Å². The number of aromatic nitrogens is 2. The predicted molar refractivity (Wildman–Crippen MR) is 67.5 cm³/mol. The maximum Gasteiger partial charge on any atom is 0.225 e. The van der Waals surface area contributed by atoms with Gasteiger partial charge in [0.1, 0.15) is 0 Å². The summed E-state index contributed by atoms with van der Waals surface area (Å²) in [5.74, 6) is 0.572. The van der Waals surface area contributed by atoms with E-state index in [1.807, 2.05) is 13.0 Å². The molecule has 5 heteroatoms. The van der Waals surface area contributed by atoms with E-state index in [1.165, 1.54) is 19.4 Å². The molecule has 1 aliphatic heterocycles. The molecule has 0 aromatic carbocycles. The average Bonchev–Trinajstić information content (AvgIpc) is 2.63. The maximum atomic E-state index is 5.77. The quantitative estimate of drug-likeness (QED) is 0.774. The molecule has 1 atom stereocenters. The van der Waals surface area contributed by atoms with Crippen LogP contribution in [0.15, 0.2) is 6.07 Å². The predicted octanol–water partition coefficient (Wildman–Crippen LogP) is 2.30. The number of likely N-dealkylation sites (tertiary alicyclic amines) is 1. The van der Waals surface area contributed by atoms with Gasteiger partial charge in [-0.15, -0.1) is 0 Å². The van der Waals surface area contributed by atoms with Crippen molar-refractivity contribution in [2.75, 3.05) is 20.2 Å². The molecule has 94 valence electrons. The minimum Gasteiger partial charge on any atom is -0.477 e. The zero-order chi connectivity index (χ0) is 12.3. The Morgan fingerprint density at radius 1 is 1.53 bits per heavy atom. The van der Waals surface area contributed by atoms with Crippen LogP contribution in [-0.4, -0.2) is 41.1 Å². The molecule has 0 aliphatic carbocycles. The first-order valence-corrected chi connectivity index (χ1v) is 6.37. The van der Waals surface area contributed by atoms with Crippen LogP contribution in [-0.2, 0) is 0 Å². The molecule has 1 aliphatic rings. The highest BCUT2D eigenvalue weighted by Gasteiger charge is 2.20. The second kappa shape index (κ2) is 5.65. The highest BCUT2D eigenvalue weighted by atomic mass is 35.5. The van der Waals surface area contributed by atoms with Crippen molar-refractivity contribution in [1.82, 2.24) is 14.9 Å². The van der Waals surface area contributed by atoms with Gasteiger partial charge in [0.2, 0.25) is 11.2 Å². The molecule has 1 unspecified atom stereocenters. The topological polar surface area (TPSA) is 38.2 Å². The first kappa shape index (κ1) is 12.6. The van der Waals surface area contributed by atoms with Gasteiger partial charge in [-0.3, -0.25) is 0 Å². The van der Waals surface area contributed by atoms with Crippen molar-refractivity contribution >= 4 is 11.6 Å². The Kier molecular flexibility index (Phi) is 4.18. The molecule has 0 spiro atoms. The van der Waals surface area contributed by atoms with Crippen molar-refractivity contribution in [2.24, 2.45) is 0 Å². The number of nitrogens with zero attached hydrogens (tertiary/aromatic N) is 3. The lowest BCUT2D eigenvalue weighted by Crippen LogP contribution is -2.26. The SMILES string of the molecule is Cc1cc(OCCC2CCCN2C)nc(Cl)n1. The smallest absolute Gasteiger partial charge is 0.225 e. The molecule has 1 saturated heterocycles. The monoisotopic (exact) mass is 255 g/mol. The van der Waals surface area contributed by atoms with E-state index in [-0.39, 0.29) is 5.28 Å². The van der Waals surface area contributed by atoms with Crippen LogP contribution in [0.25, 0.3) is 0 Å². The van der Waals surface area contributed by atoms with E-state index in [1.54, 1.807) is 0 Å². The molecule has 2 heterocycles. The molecule has 0 bridgehead atoms. The Balaban J connectivity index is 1.81. The zero-order valence-electron chi connectivity index (χ0n) is 10.3. The van der Waals surface area contributed by atoms with E-state index < -0.39 is 0 Å². The largest absolute Gasteiger partial charge is 0.477 e. The van der Waals surface area contributed by atoms with Gasteiger partial charge in [0.15, 0.2) is 0 Å². The van der Waals surface area contributed by atoms with Crippen molar-refractivity contribution in [1.29, 1.82) is 0 Å². The highest BCUT2D eigenvalue weighted by molar-refractivity contribution is 6.28. The zero-order valence-corrected chi connectivity index (χ0v) is 11.1. The average molecular weight is 256 g/mol. The van der Waals surface area contributed by atoms with Crippen LogP contribution in [0.5, 0.6) is 5.88 Å². The Bertz CT molecular complexity index is 366. The first-order chi connectivity index (χ1) is 8.15. The van der Waals surface area contributed by atoms with Gasteiger partial charge < -0.3 is 9.64 Å². The third-order valence-corrected chi connectivity index (χ3v) is 3.34. The molecule has 0 N–H and O–H groups in total. The highest BCUT2D eigenvalue weighted by Crippen LogP contribution is 2.18. The Morgan fingerprint density at radius 3 is 3.00 bits per heavy atom. The van der Waals surface area contributed by atoms with Crippen LogP contribution in [0, 0.1) is 6.92 Å². The number of hydrogen-bond donors (Lipinski definition) is 0. The Morgan fingerprint density at radius 2 is 2.35 bits per heavy atom. The van der Waals surface area contributed by atoms with Crippen LogP contribution in [0.1, 0.15) is 25.0 Å². The first-order valence-electron chi connectivity index (χ1n) is 5.99. The van der Waals surface area contributed by atoms with Crippen LogP contribution in [0.3, 0.4) is 0 Å². The van der Waals surface area contributed by atoms with Gasteiger partial charge in [-0.2, -0.15) is 4.98 Å². The summed E-state index contributed by atoms with van der Waals surface area (Å²) in [5, 5.41) is 0.248. The van der Waals surface area contributed by atoms with E-state index >= 15 is 0 Å². The van der Waals surface area contributed by atoms with E-state index in [4.69, 9.17) is 16.3 Å². The number of aryl methyl sites for hydroxylation is 1. The molecule has 2 rings (SSSR count). The summed E-state index contributed by atoms with van der Waals surface area (Å²) in [4.78, 5) is 10.4. The molecule has 0 saturated carbocycles. The standard InChI is InChI=1S/C12H18ClN3O/c1-9-8-11(15-12(13)14-9)17-7-5-10-4-3-6-16(10)2/h8,10H,3-7H2,1-2H3. The van der Waals surface area contributed by atoms with E-state index in [9.17, 15) is 0 Å². The molecule has 1 aromatic rings. The third kappa shape index (κ3) is 3.54. The lowest BCUT2D eigenvalue weighted by molar-refractivity contribution is 0.228. The fraction of sp³-hybridized carbons (Fsp3) is 0.667.